The van der Waals surface area contributed by atoms with Crippen LogP contribution in [-0.2, 0) is 0 Å². The molecule has 0 atom stereocenters. The molecule has 1 aliphatic rings. The van der Waals surface area contributed by atoms with Gasteiger partial charge in [0, 0.05) is 25.0 Å². The molecule has 0 unspecified atom stereocenters. The van der Waals surface area contributed by atoms with E-state index in [0.717, 1.165) is 18.5 Å². The Balaban J connectivity index is 2.08. The molecule has 1 saturated carbocycles. The highest BCUT2D eigenvalue weighted by Crippen LogP contribution is 2.25. The van der Waals surface area contributed by atoms with Crippen molar-refractivity contribution in [1.82, 2.24) is 9.97 Å². The maximum absolute atomic E-state index is 4.30. The molecule has 0 amide bonds. The fourth-order valence-corrected chi connectivity index (χ4v) is 2.21. The Morgan fingerprint density at radius 3 is 2.85 bits per heavy atom. The second-order valence-corrected chi connectivity index (χ2v) is 3.64. The van der Waals surface area contributed by atoms with Crippen LogP contribution in [0.5, 0.6) is 0 Å². The summed E-state index contributed by atoms with van der Waals surface area (Å²) in [5.41, 5.74) is 0. The number of nitrogens with one attached hydrogen (secondary N) is 1. The van der Waals surface area contributed by atoms with Crippen molar-refractivity contribution in [2.45, 2.75) is 38.6 Å². The van der Waals surface area contributed by atoms with E-state index in [4.69, 9.17) is 0 Å². The minimum atomic E-state index is 0.719. The van der Waals surface area contributed by atoms with Crippen molar-refractivity contribution < 1.29 is 0 Å². The molecule has 0 aromatic carbocycles. The summed E-state index contributed by atoms with van der Waals surface area (Å²) in [6, 6.07) is 0.719. The molecule has 0 bridgehead atoms. The SMILES string of the molecule is CCN(c1ncc[nH]1)C1CCCC1. The zero-order valence-electron chi connectivity index (χ0n) is 8.16. The highest BCUT2D eigenvalue weighted by molar-refractivity contribution is 5.30. The molecular formula is C10H17N3. The van der Waals surface area contributed by atoms with Crippen LogP contribution in [0.3, 0.4) is 0 Å². The molecule has 2 rings (SSSR count). The Hall–Kier alpha value is -0.990. The number of hydrogen-bond acceptors (Lipinski definition) is 2. The second kappa shape index (κ2) is 3.81. The molecule has 72 valence electrons. The van der Waals surface area contributed by atoms with Gasteiger partial charge in [0.1, 0.15) is 0 Å². The number of imidazole rings is 1. The van der Waals surface area contributed by atoms with Crippen LogP contribution in [0, 0.1) is 0 Å². The van der Waals surface area contributed by atoms with Crippen molar-refractivity contribution in [2.75, 3.05) is 11.4 Å². The Labute approximate surface area is 79.2 Å². The molecule has 1 N–H and O–H groups in total. The summed E-state index contributed by atoms with van der Waals surface area (Å²) in [4.78, 5) is 9.86. The van der Waals surface area contributed by atoms with Gasteiger partial charge < -0.3 is 9.88 Å². The van der Waals surface area contributed by atoms with Crippen LogP contribution in [0.2, 0.25) is 0 Å². The van der Waals surface area contributed by atoms with Crippen molar-refractivity contribution in [2.24, 2.45) is 0 Å². The topological polar surface area (TPSA) is 31.9 Å². The van der Waals surface area contributed by atoms with Gasteiger partial charge in [-0.3, -0.25) is 0 Å². The van der Waals surface area contributed by atoms with Gasteiger partial charge in [0.2, 0.25) is 5.95 Å². The van der Waals surface area contributed by atoms with Gasteiger partial charge in [-0.1, -0.05) is 12.8 Å². The average molecular weight is 179 g/mol. The third-order valence-corrected chi connectivity index (χ3v) is 2.86. The van der Waals surface area contributed by atoms with Crippen molar-refractivity contribution in [3.05, 3.63) is 12.4 Å². The number of aromatic amines is 1. The van der Waals surface area contributed by atoms with Crippen LogP contribution in [0.25, 0.3) is 0 Å². The first-order valence-corrected chi connectivity index (χ1v) is 5.18. The van der Waals surface area contributed by atoms with E-state index < -0.39 is 0 Å². The molecule has 0 saturated heterocycles. The minimum absolute atomic E-state index is 0.719. The normalized spacial score (nSPS) is 17.9. The number of rotatable bonds is 3. The molecular weight excluding hydrogens is 162 g/mol. The Morgan fingerprint density at radius 1 is 1.54 bits per heavy atom. The highest BCUT2D eigenvalue weighted by atomic mass is 15.3. The van der Waals surface area contributed by atoms with Crippen molar-refractivity contribution >= 4 is 5.95 Å². The molecule has 0 radical (unpaired) electrons. The number of aromatic nitrogens is 2. The van der Waals surface area contributed by atoms with Gasteiger partial charge >= 0.3 is 0 Å². The van der Waals surface area contributed by atoms with E-state index in [1.54, 1.807) is 0 Å². The minimum Gasteiger partial charge on any atom is -0.340 e. The predicted octanol–water partition coefficient (Wildman–Crippen LogP) is 2.18. The first-order chi connectivity index (χ1) is 6.42. The molecule has 13 heavy (non-hydrogen) atoms. The summed E-state index contributed by atoms with van der Waals surface area (Å²) in [5.74, 6) is 1.04. The van der Waals surface area contributed by atoms with Gasteiger partial charge in [0.25, 0.3) is 0 Å². The molecule has 0 aliphatic heterocycles. The van der Waals surface area contributed by atoms with Crippen LogP contribution in [0.1, 0.15) is 32.6 Å². The van der Waals surface area contributed by atoms with E-state index in [0.29, 0.717) is 0 Å². The summed E-state index contributed by atoms with van der Waals surface area (Å²) in [6.07, 6.45) is 9.13. The first-order valence-electron chi connectivity index (χ1n) is 5.18. The van der Waals surface area contributed by atoms with E-state index in [1.807, 2.05) is 12.4 Å². The number of H-pyrrole nitrogens is 1. The Bertz CT molecular complexity index is 237. The lowest BCUT2D eigenvalue weighted by Gasteiger charge is -2.26. The second-order valence-electron chi connectivity index (χ2n) is 3.64. The van der Waals surface area contributed by atoms with Gasteiger partial charge in [0.15, 0.2) is 0 Å². The van der Waals surface area contributed by atoms with Crippen LogP contribution >= 0.6 is 0 Å². The summed E-state index contributed by atoms with van der Waals surface area (Å²) >= 11 is 0. The van der Waals surface area contributed by atoms with E-state index in [1.165, 1.54) is 25.7 Å². The van der Waals surface area contributed by atoms with E-state index in [9.17, 15) is 0 Å². The fraction of sp³-hybridized carbons (Fsp3) is 0.700. The fourth-order valence-electron chi connectivity index (χ4n) is 2.21. The first kappa shape index (κ1) is 8.60. The quantitative estimate of drug-likeness (QED) is 0.771. The lowest BCUT2D eigenvalue weighted by Crippen LogP contribution is -2.33. The maximum atomic E-state index is 4.30. The monoisotopic (exact) mass is 179 g/mol. The maximum Gasteiger partial charge on any atom is 0.202 e. The summed E-state index contributed by atoms with van der Waals surface area (Å²) in [6.45, 7) is 3.25. The van der Waals surface area contributed by atoms with E-state index in [2.05, 4.69) is 21.8 Å². The van der Waals surface area contributed by atoms with Crippen LogP contribution in [0.15, 0.2) is 12.4 Å². The molecule has 1 aromatic heterocycles. The van der Waals surface area contributed by atoms with Gasteiger partial charge in [-0.15, -0.1) is 0 Å². The highest BCUT2D eigenvalue weighted by Gasteiger charge is 2.22. The lowest BCUT2D eigenvalue weighted by molar-refractivity contribution is 0.608. The van der Waals surface area contributed by atoms with Crippen LogP contribution in [0.4, 0.5) is 5.95 Å². The Morgan fingerprint density at radius 2 is 2.31 bits per heavy atom. The van der Waals surface area contributed by atoms with E-state index in [-0.39, 0.29) is 0 Å². The molecule has 1 heterocycles. The largest absolute Gasteiger partial charge is 0.340 e. The lowest BCUT2D eigenvalue weighted by atomic mass is 10.2. The molecule has 3 nitrogen and oxygen atoms in total. The number of hydrogen-bond donors (Lipinski definition) is 1. The summed E-state index contributed by atoms with van der Waals surface area (Å²) < 4.78 is 0. The summed E-state index contributed by atoms with van der Waals surface area (Å²) in [7, 11) is 0. The number of anilines is 1. The zero-order chi connectivity index (χ0) is 9.10. The van der Waals surface area contributed by atoms with Crippen LogP contribution < -0.4 is 4.90 Å². The molecule has 0 spiro atoms. The van der Waals surface area contributed by atoms with Crippen molar-refractivity contribution in [1.29, 1.82) is 0 Å². The number of nitrogens with zero attached hydrogens (tertiary/aromatic N) is 2. The van der Waals surface area contributed by atoms with Gasteiger partial charge in [-0.2, -0.15) is 0 Å². The van der Waals surface area contributed by atoms with Crippen molar-refractivity contribution in [3.8, 4) is 0 Å². The standard InChI is InChI=1S/C10H17N3/c1-2-13(9-5-3-4-6-9)10-11-7-8-12-10/h7-9H,2-6H2,1H3,(H,11,12). The summed E-state index contributed by atoms with van der Waals surface area (Å²) in [5, 5.41) is 0. The molecule has 1 aromatic rings. The molecule has 1 fully saturated rings. The van der Waals surface area contributed by atoms with Gasteiger partial charge in [-0.05, 0) is 19.8 Å². The average Bonchev–Trinajstić information content (AvgIpc) is 2.76. The smallest absolute Gasteiger partial charge is 0.202 e. The van der Waals surface area contributed by atoms with Crippen molar-refractivity contribution in [3.63, 3.8) is 0 Å². The third-order valence-electron chi connectivity index (χ3n) is 2.86. The molecule has 3 heteroatoms. The molecule has 1 aliphatic carbocycles. The van der Waals surface area contributed by atoms with Crippen LogP contribution in [-0.4, -0.2) is 22.6 Å². The van der Waals surface area contributed by atoms with E-state index >= 15 is 0 Å². The zero-order valence-corrected chi connectivity index (χ0v) is 8.16. The predicted molar refractivity (Wildman–Crippen MR) is 53.9 cm³/mol. The Kier molecular flexibility index (Phi) is 2.52. The van der Waals surface area contributed by atoms with Gasteiger partial charge in [-0.25, -0.2) is 4.98 Å². The third kappa shape index (κ3) is 1.69. The van der Waals surface area contributed by atoms with Gasteiger partial charge in [0.05, 0.1) is 0 Å².